The number of pyridine rings is 1. The predicted octanol–water partition coefficient (Wildman–Crippen LogP) is 4.61. The highest BCUT2D eigenvalue weighted by molar-refractivity contribution is 5.38. The fourth-order valence-electron chi connectivity index (χ4n) is 2.24. The Labute approximate surface area is 127 Å². The first-order chi connectivity index (χ1) is 10.2. The van der Waals surface area contributed by atoms with Crippen LogP contribution in [0.15, 0.2) is 42.6 Å². The third-order valence-electron chi connectivity index (χ3n) is 3.64. The summed E-state index contributed by atoms with van der Waals surface area (Å²) < 4.78 is 6.02. The third kappa shape index (κ3) is 4.22. The topological polar surface area (TPSA) is 34.1 Å². The molecular formula is C18H24N2O. The molecule has 2 aromatic rings. The summed E-state index contributed by atoms with van der Waals surface area (Å²) in [7, 11) is 0. The fourth-order valence-corrected chi connectivity index (χ4v) is 2.24. The van der Waals surface area contributed by atoms with Gasteiger partial charge >= 0.3 is 0 Å². The molecule has 0 fully saturated rings. The van der Waals surface area contributed by atoms with Crippen molar-refractivity contribution in [3.63, 3.8) is 0 Å². The van der Waals surface area contributed by atoms with Gasteiger partial charge in [-0.3, -0.25) is 0 Å². The monoisotopic (exact) mass is 284 g/mol. The van der Waals surface area contributed by atoms with Gasteiger partial charge in [-0.2, -0.15) is 0 Å². The van der Waals surface area contributed by atoms with Crippen molar-refractivity contribution in [1.29, 1.82) is 0 Å². The number of benzene rings is 1. The van der Waals surface area contributed by atoms with E-state index in [2.05, 4.69) is 43.2 Å². The summed E-state index contributed by atoms with van der Waals surface area (Å²) in [6.45, 7) is 7.93. The number of hydrogen-bond donors (Lipinski definition) is 1. The number of aromatic nitrogens is 1. The molecule has 2 rings (SSSR count). The number of ether oxygens (including phenoxy) is 1. The second-order valence-corrected chi connectivity index (χ2v) is 5.22. The fraction of sp³-hybridized carbons (Fsp3) is 0.389. The van der Waals surface area contributed by atoms with Crippen LogP contribution in [0.3, 0.4) is 0 Å². The maximum Gasteiger partial charge on any atom is 0.126 e. The molecule has 1 N–H and O–H groups in total. The zero-order chi connectivity index (χ0) is 15.1. The van der Waals surface area contributed by atoms with E-state index >= 15 is 0 Å². The van der Waals surface area contributed by atoms with Crippen LogP contribution in [0.5, 0.6) is 5.75 Å². The van der Waals surface area contributed by atoms with Gasteiger partial charge in [-0.05, 0) is 48.6 Å². The van der Waals surface area contributed by atoms with E-state index in [4.69, 9.17) is 4.74 Å². The van der Waals surface area contributed by atoms with E-state index in [9.17, 15) is 0 Å². The molecule has 1 unspecified atom stereocenters. The first-order valence-electron chi connectivity index (χ1n) is 7.65. The van der Waals surface area contributed by atoms with Crippen LogP contribution in [-0.4, -0.2) is 11.5 Å². The van der Waals surface area contributed by atoms with Gasteiger partial charge in [-0.1, -0.05) is 32.0 Å². The van der Waals surface area contributed by atoms with Crippen molar-refractivity contribution in [1.82, 2.24) is 4.98 Å². The second-order valence-electron chi connectivity index (χ2n) is 5.22. The van der Waals surface area contributed by atoms with Gasteiger partial charge in [0.1, 0.15) is 18.2 Å². The van der Waals surface area contributed by atoms with E-state index in [0.29, 0.717) is 12.5 Å². The van der Waals surface area contributed by atoms with Crippen LogP contribution >= 0.6 is 0 Å². The Balaban J connectivity index is 2.08. The zero-order valence-corrected chi connectivity index (χ0v) is 13.1. The van der Waals surface area contributed by atoms with E-state index < -0.39 is 0 Å². The van der Waals surface area contributed by atoms with E-state index in [-0.39, 0.29) is 0 Å². The number of para-hydroxylation sites is 1. The molecule has 1 atom stereocenters. The molecule has 0 saturated heterocycles. The average molecular weight is 284 g/mol. The molecule has 0 saturated carbocycles. The molecule has 1 heterocycles. The summed E-state index contributed by atoms with van der Waals surface area (Å²) in [6.07, 6.45) is 2.93. The standard InChI is InChI=1S/C18H24N2O/c1-4-14(3)16-8-6-7-9-17(16)21-13-15-10-11-20-18(12-15)19-5-2/h6-12,14H,4-5,13H2,1-3H3,(H,19,20). The Morgan fingerprint density at radius 2 is 2.00 bits per heavy atom. The lowest BCUT2D eigenvalue weighted by Crippen LogP contribution is -2.03. The van der Waals surface area contributed by atoms with Gasteiger partial charge in [0.2, 0.25) is 0 Å². The highest BCUT2D eigenvalue weighted by atomic mass is 16.5. The molecule has 0 radical (unpaired) electrons. The van der Waals surface area contributed by atoms with Crippen molar-refractivity contribution in [2.24, 2.45) is 0 Å². The molecule has 21 heavy (non-hydrogen) atoms. The number of rotatable bonds is 7. The van der Waals surface area contributed by atoms with Crippen LogP contribution in [0.25, 0.3) is 0 Å². The quantitative estimate of drug-likeness (QED) is 0.806. The van der Waals surface area contributed by atoms with Gasteiger partial charge in [0.25, 0.3) is 0 Å². The molecule has 0 aliphatic heterocycles. The molecular weight excluding hydrogens is 260 g/mol. The number of hydrogen-bond acceptors (Lipinski definition) is 3. The second kappa shape index (κ2) is 7.67. The van der Waals surface area contributed by atoms with E-state index in [0.717, 1.165) is 30.1 Å². The summed E-state index contributed by atoms with van der Waals surface area (Å²) in [4.78, 5) is 4.28. The molecule has 0 aliphatic carbocycles. The van der Waals surface area contributed by atoms with Crippen LogP contribution in [0.1, 0.15) is 44.2 Å². The van der Waals surface area contributed by atoms with E-state index in [1.165, 1.54) is 5.56 Å². The molecule has 0 spiro atoms. The molecule has 3 nitrogen and oxygen atoms in total. The van der Waals surface area contributed by atoms with Gasteiger partial charge in [-0.15, -0.1) is 0 Å². The van der Waals surface area contributed by atoms with Gasteiger partial charge in [-0.25, -0.2) is 4.98 Å². The zero-order valence-electron chi connectivity index (χ0n) is 13.1. The molecule has 3 heteroatoms. The maximum atomic E-state index is 6.02. The van der Waals surface area contributed by atoms with Gasteiger partial charge < -0.3 is 10.1 Å². The minimum atomic E-state index is 0.510. The summed E-state index contributed by atoms with van der Waals surface area (Å²) in [5.74, 6) is 2.39. The van der Waals surface area contributed by atoms with Crippen LogP contribution in [0.4, 0.5) is 5.82 Å². The Morgan fingerprint density at radius 3 is 2.76 bits per heavy atom. The van der Waals surface area contributed by atoms with Gasteiger partial charge in [0, 0.05) is 12.7 Å². The van der Waals surface area contributed by atoms with Gasteiger partial charge in [0.05, 0.1) is 0 Å². The summed E-state index contributed by atoms with van der Waals surface area (Å²) in [5, 5.41) is 3.22. The first-order valence-corrected chi connectivity index (χ1v) is 7.65. The smallest absolute Gasteiger partial charge is 0.126 e. The minimum Gasteiger partial charge on any atom is -0.489 e. The molecule has 0 bridgehead atoms. The number of anilines is 1. The minimum absolute atomic E-state index is 0.510. The lowest BCUT2D eigenvalue weighted by atomic mass is 9.98. The van der Waals surface area contributed by atoms with E-state index in [1.807, 2.05) is 30.5 Å². The third-order valence-corrected chi connectivity index (χ3v) is 3.64. The van der Waals surface area contributed by atoms with Gasteiger partial charge in [0.15, 0.2) is 0 Å². The van der Waals surface area contributed by atoms with Crippen LogP contribution in [-0.2, 0) is 6.61 Å². The first kappa shape index (κ1) is 15.4. The summed E-state index contributed by atoms with van der Waals surface area (Å²) in [5.41, 5.74) is 2.40. The maximum absolute atomic E-state index is 6.02. The van der Waals surface area contributed by atoms with Crippen LogP contribution in [0.2, 0.25) is 0 Å². The Kier molecular flexibility index (Phi) is 5.61. The predicted molar refractivity (Wildman–Crippen MR) is 87.9 cm³/mol. The Morgan fingerprint density at radius 1 is 1.19 bits per heavy atom. The normalized spacial score (nSPS) is 12.0. The summed E-state index contributed by atoms with van der Waals surface area (Å²) in [6, 6.07) is 12.3. The lowest BCUT2D eigenvalue weighted by molar-refractivity contribution is 0.301. The summed E-state index contributed by atoms with van der Waals surface area (Å²) >= 11 is 0. The number of nitrogens with one attached hydrogen (secondary N) is 1. The molecule has 1 aromatic carbocycles. The van der Waals surface area contributed by atoms with Crippen molar-refractivity contribution in [3.8, 4) is 5.75 Å². The Hall–Kier alpha value is -2.03. The number of nitrogens with zero attached hydrogens (tertiary/aromatic N) is 1. The van der Waals surface area contributed by atoms with Crippen LogP contribution in [0, 0.1) is 0 Å². The van der Waals surface area contributed by atoms with Crippen LogP contribution < -0.4 is 10.1 Å². The Bertz CT molecular complexity index is 569. The van der Waals surface area contributed by atoms with Crippen molar-refractivity contribution in [2.75, 3.05) is 11.9 Å². The highest BCUT2D eigenvalue weighted by Crippen LogP contribution is 2.29. The SMILES string of the molecule is CCNc1cc(COc2ccccc2C(C)CC)ccn1. The largest absolute Gasteiger partial charge is 0.489 e. The van der Waals surface area contributed by atoms with Crippen molar-refractivity contribution in [2.45, 2.75) is 39.7 Å². The molecule has 1 aromatic heterocycles. The lowest BCUT2D eigenvalue weighted by Gasteiger charge is -2.16. The molecule has 0 amide bonds. The molecule has 0 aliphatic rings. The van der Waals surface area contributed by atoms with Crippen molar-refractivity contribution >= 4 is 5.82 Å². The van der Waals surface area contributed by atoms with Crippen molar-refractivity contribution < 1.29 is 4.74 Å². The van der Waals surface area contributed by atoms with Crippen molar-refractivity contribution in [3.05, 3.63) is 53.7 Å². The van der Waals surface area contributed by atoms with E-state index in [1.54, 1.807) is 0 Å². The molecule has 112 valence electrons. The highest BCUT2D eigenvalue weighted by Gasteiger charge is 2.09. The average Bonchev–Trinajstić information content (AvgIpc) is 2.53.